The van der Waals surface area contributed by atoms with Gasteiger partial charge in [0.05, 0.1) is 31.1 Å². The Kier molecular flexibility index (Phi) is 6.64. The summed E-state index contributed by atoms with van der Waals surface area (Å²) in [5.41, 5.74) is -1.66. The number of hydrogen-bond acceptors (Lipinski definition) is 6. The van der Waals surface area contributed by atoms with Crippen LogP contribution in [0.1, 0.15) is 38.1 Å². The number of likely N-dealkylation sites (tertiary alicyclic amines) is 1. The molecule has 2 saturated heterocycles. The minimum absolute atomic E-state index is 0.225. The lowest BCUT2D eigenvalue weighted by molar-refractivity contribution is -0.145. The summed E-state index contributed by atoms with van der Waals surface area (Å²) in [6.45, 7) is 8.26. The SMILES string of the molecule is COc1ccc(CCN2C(=O)[C@@H]3[C@H](C(=O)NCc4cccs4)[C@@]4(C)C=C[C@]3(O4)[C@H]2C(=O)NC(C)(C)C)cc1. The Bertz CT molecular complexity index is 1250. The van der Waals surface area contributed by atoms with Gasteiger partial charge in [-0.15, -0.1) is 11.3 Å². The second-order valence-corrected chi connectivity index (χ2v) is 12.5. The topological polar surface area (TPSA) is 97.0 Å². The van der Waals surface area contributed by atoms with Crippen LogP contribution in [-0.2, 0) is 32.1 Å². The maximum Gasteiger partial charge on any atom is 0.246 e. The molecule has 202 valence electrons. The Hall–Kier alpha value is -3.17. The van der Waals surface area contributed by atoms with Crippen molar-refractivity contribution in [2.24, 2.45) is 11.8 Å². The minimum Gasteiger partial charge on any atom is -0.497 e. The van der Waals surface area contributed by atoms with E-state index >= 15 is 0 Å². The summed E-state index contributed by atoms with van der Waals surface area (Å²) in [4.78, 5) is 44.1. The Labute approximate surface area is 227 Å². The molecule has 38 heavy (non-hydrogen) atoms. The highest BCUT2D eigenvalue weighted by Crippen LogP contribution is 2.59. The zero-order valence-electron chi connectivity index (χ0n) is 22.4. The van der Waals surface area contributed by atoms with Crippen molar-refractivity contribution in [1.82, 2.24) is 15.5 Å². The number of ether oxygens (including phenoxy) is 2. The minimum atomic E-state index is -1.20. The Morgan fingerprint density at radius 3 is 2.50 bits per heavy atom. The quantitative estimate of drug-likeness (QED) is 0.505. The van der Waals surface area contributed by atoms with E-state index in [-0.39, 0.29) is 17.7 Å². The fraction of sp³-hybridized carbons (Fsp3) is 0.483. The molecule has 0 saturated carbocycles. The lowest BCUT2D eigenvalue weighted by atomic mass is 9.70. The first-order valence-corrected chi connectivity index (χ1v) is 13.8. The van der Waals surface area contributed by atoms with Gasteiger partial charge in [-0.1, -0.05) is 30.4 Å². The van der Waals surface area contributed by atoms with Crippen LogP contribution in [0.5, 0.6) is 5.75 Å². The van der Waals surface area contributed by atoms with Gasteiger partial charge in [0.1, 0.15) is 17.4 Å². The largest absolute Gasteiger partial charge is 0.497 e. The van der Waals surface area contributed by atoms with E-state index in [0.29, 0.717) is 19.5 Å². The summed E-state index contributed by atoms with van der Waals surface area (Å²) in [5.74, 6) is -1.52. The van der Waals surface area contributed by atoms with Crippen LogP contribution in [0.2, 0.25) is 0 Å². The third-order valence-corrected chi connectivity index (χ3v) is 8.52. The molecule has 1 spiro atoms. The number of hydrogen-bond donors (Lipinski definition) is 2. The van der Waals surface area contributed by atoms with Gasteiger partial charge in [-0.2, -0.15) is 0 Å². The van der Waals surface area contributed by atoms with Crippen molar-refractivity contribution in [3.63, 3.8) is 0 Å². The molecular weight excluding hydrogens is 502 g/mol. The first-order valence-electron chi connectivity index (χ1n) is 12.9. The van der Waals surface area contributed by atoms with E-state index in [2.05, 4.69) is 10.6 Å². The molecule has 2 aromatic rings. The van der Waals surface area contributed by atoms with Gasteiger partial charge in [0.2, 0.25) is 17.7 Å². The second-order valence-electron chi connectivity index (χ2n) is 11.5. The molecule has 4 heterocycles. The van der Waals surface area contributed by atoms with Gasteiger partial charge in [-0.3, -0.25) is 14.4 Å². The van der Waals surface area contributed by atoms with Crippen molar-refractivity contribution < 1.29 is 23.9 Å². The highest BCUT2D eigenvalue weighted by Gasteiger charge is 2.76. The van der Waals surface area contributed by atoms with Gasteiger partial charge < -0.3 is 25.0 Å². The molecule has 1 aromatic heterocycles. The molecule has 3 aliphatic rings. The van der Waals surface area contributed by atoms with Gasteiger partial charge in [0, 0.05) is 17.0 Å². The normalized spacial score (nSPS) is 29.4. The fourth-order valence-corrected chi connectivity index (χ4v) is 6.69. The summed E-state index contributed by atoms with van der Waals surface area (Å²) in [6.07, 6.45) is 4.25. The number of methoxy groups -OCH3 is 1. The summed E-state index contributed by atoms with van der Waals surface area (Å²) >= 11 is 1.56. The van der Waals surface area contributed by atoms with Crippen LogP contribution in [-0.4, -0.2) is 59.1 Å². The van der Waals surface area contributed by atoms with Crippen LogP contribution in [0.4, 0.5) is 0 Å². The number of thiophene rings is 1. The number of nitrogens with one attached hydrogen (secondary N) is 2. The smallest absolute Gasteiger partial charge is 0.246 e. The number of carbonyl (C=O) groups excluding carboxylic acids is 3. The third-order valence-electron chi connectivity index (χ3n) is 7.64. The van der Waals surface area contributed by atoms with Crippen LogP contribution in [0.3, 0.4) is 0 Å². The Balaban J connectivity index is 1.45. The first kappa shape index (κ1) is 26.4. The Morgan fingerprint density at radius 1 is 1.13 bits per heavy atom. The lowest BCUT2D eigenvalue weighted by Crippen LogP contribution is -2.58. The fourth-order valence-electron chi connectivity index (χ4n) is 6.05. The average Bonchev–Trinajstić information content (AvgIpc) is 3.60. The van der Waals surface area contributed by atoms with Crippen LogP contribution < -0.4 is 15.4 Å². The van der Waals surface area contributed by atoms with Crippen molar-refractivity contribution in [1.29, 1.82) is 0 Å². The highest BCUT2D eigenvalue weighted by atomic mass is 32.1. The number of carbonyl (C=O) groups is 3. The van der Waals surface area contributed by atoms with E-state index in [4.69, 9.17) is 9.47 Å². The average molecular weight is 538 g/mol. The molecule has 0 aliphatic carbocycles. The van der Waals surface area contributed by atoms with Gasteiger partial charge in [-0.05, 0) is 63.3 Å². The number of amides is 3. The number of rotatable bonds is 8. The predicted octanol–water partition coefficient (Wildman–Crippen LogP) is 3.07. The van der Waals surface area contributed by atoms with Gasteiger partial charge >= 0.3 is 0 Å². The molecule has 3 amide bonds. The molecule has 1 aromatic carbocycles. The van der Waals surface area contributed by atoms with Crippen LogP contribution in [0.25, 0.3) is 0 Å². The summed E-state index contributed by atoms with van der Waals surface area (Å²) in [6, 6.07) is 10.7. The third kappa shape index (κ3) is 4.52. The molecule has 0 unspecified atom stereocenters. The van der Waals surface area contributed by atoms with E-state index in [1.807, 2.05) is 81.6 Å². The number of nitrogens with zero attached hydrogens (tertiary/aromatic N) is 1. The summed E-state index contributed by atoms with van der Waals surface area (Å²) < 4.78 is 11.8. The van der Waals surface area contributed by atoms with Crippen molar-refractivity contribution in [3.05, 3.63) is 64.4 Å². The number of benzene rings is 1. The molecule has 8 nitrogen and oxygen atoms in total. The van der Waals surface area contributed by atoms with E-state index in [1.54, 1.807) is 23.3 Å². The highest BCUT2D eigenvalue weighted by molar-refractivity contribution is 7.09. The zero-order valence-corrected chi connectivity index (χ0v) is 23.3. The second kappa shape index (κ2) is 9.54. The van der Waals surface area contributed by atoms with Crippen LogP contribution in [0.15, 0.2) is 53.9 Å². The predicted molar refractivity (Wildman–Crippen MR) is 145 cm³/mol. The molecule has 9 heteroatoms. The van der Waals surface area contributed by atoms with E-state index < -0.39 is 34.6 Å². The first-order chi connectivity index (χ1) is 18.0. The lowest BCUT2D eigenvalue weighted by Gasteiger charge is -2.35. The molecule has 5 atom stereocenters. The van der Waals surface area contributed by atoms with Crippen LogP contribution >= 0.6 is 11.3 Å². The van der Waals surface area contributed by atoms with Crippen molar-refractivity contribution in [2.75, 3.05) is 13.7 Å². The summed E-state index contributed by atoms with van der Waals surface area (Å²) in [7, 11) is 1.62. The van der Waals surface area contributed by atoms with Gasteiger partial charge in [0.15, 0.2) is 0 Å². The maximum absolute atomic E-state index is 14.1. The standard InChI is InChI=1S/C29H35N3O5S/c1-27(2,3)31-25(34)23-29-14-13-28(4,37-29)21(24(33)30-17-20-7-6-16-38-20)22(29)26(35)32(23)15-12-18-8-10-19(36-5)11-9-18/h6-11,13-14,16,21-23H,12,15,17H2,1-5H3,(H,30,33)(H,31,34)/t21-,22+,23-,28-,29-/m1/s1. The molecule has 2 bridgehead atoms. The van der Waals surface area contributed by atoms with Crippen molar-refractivity contribution in [2.45, 2.75) is 63.4 Å². The zero-order chi connectivity index (χ0) is 27.3. The maximum atomic E-state index is 14.1. The molecule has 2 N–H and O–H groups in total. The van der Waals surface area contributed by atoms with Crippen molar-refractivity contribution in [3.8, 4) is 5.75 Å². The summed E-state index contributed by atoms with van der Waals surface area (Å²) in [5, 5.41) is 8.02. The Morgan fingerprint density at radius 2 is 1.87 bits per heavy atom. The van der Waals surface area contributed by atoms with Crippen molar-refractivity contribution >= 4 is 29.1 Å². The molecule has 3 aliphatic heterocycles. The molecule has 5 rings (SSSR count). The van der Waals surface area contributed by atoms with Gasteiger partial charge in [-0.25, -0.2) is 0 Å². The monoisotopic (exact) mass is 537 g/mol. The molecular formula is C29H35N3O5S. The molecule has 2 fully saturated rings. The number of fused-ring (bicyclic) bond motifs is 1. The molecule has 0 radical (unpaired) electrons. The van der Waals surface area contributed by atoms with Gasteiger partial charge in [0.25, 0.3) is 0 Å². The van der Waals surface area contributed by atoms with E-state index in [0.717, 1.165) is 16.2 Å². The van der Waals surface area contributed by atoms with E-state index in [1.165, 1.54) is 0 Å². The van der Waals surface area contributed by atoms with E-state index in [9.17, 15) is 14.4 Å². The van der Waals surface area contributed by atoms with Crippen LogP contribution in [0, 0.1) is 11.8 Å².